The number of carbonyl (C=O) groups is 1. The number of furan rings is 1. The lowest BCUT2D eigenvalue weighted by atomic mass is 10.2. The van der Waals surface area contributed by atoms with Gasteiger partial charge >= 0.3 is 5.69 Å². The van der Waals surface area contributed by atoms with Crippen LogP contribution in [0.4, 0.5) is 0 Å². The van der Waals surface area contributed by atoms with Crippen LogP contribution in [0.2, 0.25) is 0 Å². The molecule has 0 saturated heterocycles. The minimum Gasteiger partial charge on any atom is -0.497 e. The number of ether oxygens (including phenoxy) is 2. The standard InChI is InChI=1S/C24H22N4O6/c1-32-18-10-8-17(9-11-18)28-24(31)27(15-16-5-3-6-19(13-16)33-2)23(30)21(26-28)22(29)25-14-20-7-4-12-34-20/h3-13H,14-15H2,1-2H3,(H,25,29). The van der Waals surface area contributed by atoms with Crippen LogP contribution in [0.3, 0.4) is 0 Å². The molecule has 10 heteroatoms. The molecule has 2 heterocycles. The van der Waals surface area contributed by atoms with Crippen LogP contribution < -0.4 is 26.0 Å². The van der Waals surface area contributed by atoms with Crippen molar-refractivity contribution in [1.82, 2.24) is 19.7 Å². The Kier molecular flexibility index (Phi) is 6.58. The first kappa shape index (κ1) is 22.6. The molecule has 4 aromatic rings. The van der Waals surface area contributed by atoms with Gasteiger partial charge in [0.05, 0.1) is 39.3 Å². The van der Waals surface area contributed by atoms with Crippen LogP contribution in [-0.4, -0.2) is 34.5 Å². The normalized spacial score (nSPS) is 10.6. The molecule has 2 aromatic heterocycles. The Morgan fingerprint density at radius 2 is 1.76 bits per heavy atom. The van der Waals surface area contributed by atoms with Gasteiger partial charge in [0, 0.05) is 0 Å². The van der Waals surface area contributed by atoms with Crippen molar-refractivity contribution in [3.63, 3.8) is 0 Å². The summed E-state index contributed by atoms with van der Waals surface area (Å²) in [5.41, 5.74) is -0.918. The van der Waals surface area contributed by atoms with Crippen LogP contribution in [-0.2, 0) is 13.1 Å². The number of nitrogens with one attached hydrogen (secondary N) is 1. The fourth-order valence-corrected chi connectivity index (χ4v) is 3.31. The number of rotatable bonds is 8. The monoisotopic (exact) mass is 462 g/mol. The fourth-order valence-electron chi connectivity index (χ4n) is 3.31. The third-order valence-corrected chi connectivity index (χ3v) is 5.07. The highest BCUT2D eigenvalue weighted by atomic mass is 16.5. The minimum absolute atomic E-state index is 0.0600. The highest BCUT2D eigenvalue weighted by Gasteiger charge is 2.21. The van der Waals surface area contributed by atoms with E-state index in [0.717, 1.165) is 9.25 Å². The summed E-state index contributed by atoms with van der Waals surface area (Å²) in [6.45, 7) is -0.0174. The van der Waals surface area contributed by atoms with Crippen LogP contribution in [0.15, 0.2) is 80.9 Å². The predicted octanol–water partition coefficient (Wildman–Crippen LogP) is 1.98. The smallest absolute Gasteiger partial charge is 0.352 e. The summed E-state index contributed by atoms with van der Waals surface area (Å²) in [6, 6.07) is 16.9. The average molecular weight is 462 g/mol. The first-order valence-corrected chi connectivity index (χ1v) is 10.3. The summed E-state index contributed by atoms with van der Waals surface area (Å²) in [4.78, 5) is 39.3. The van der Waals surface area contributed by atoms with Crippen molar-refractivity contribution in [3.05, 3.63) is 105 Å². The van der Waals surface area contributed by atoms with Crippen LogP contribution >= 0.6 is 0 Å². The molecule has 0 unspecified atom stereocenters. The second-order valence-corrected chi connectivity index (χ2v) is 7.25. The summed E-state index contributed by atoms with van der Waals surface area (Å²) in [7, 11) is 3.05. The molecule has 10 nitrogen and oxygen atoms in total. The highest BCUT2D eigenvalue weighted by molar-refractivity contribution is 5.91. The lowest BCUT2D eigenvalue weighted by molar-refractivity contribution is 0.0938. The van der Waals surface area contributed by atoms with Gasteiger partial charge in [0.25, 0.3) is 11.5 Å². The fraction of sp³-hybridized carbons (Fsp3) is 0.167. The first-order valence-electron chi connectivity index (χ1n) is 10.3. The van der Waals surface area contributed by atoms with E-state index in [1.165, 1.54) is 20.5 Å². The van der Waals surface area contributed by atoms with E-state index >= 15 is 0 Å². The van der Waals surface area contributed by atoms with Gasteiger partial charge in [-0.15, -0.1) is 0 Å². The average Bonchev–Trinajstić information content (AvgIpc) is 3.39. The molecule has 174 valence electrons. The van der Waals surface area contributed by atoms with Crippen molar-refractivity contribution >= 4 is 5.91 Å². The number of amides is 1. The Balaban J connectivity index is 1.79. The van der Waals surface area contributed by atoms with E-state index in [1.54, 1.807) is 60.7 Å². The van der Waals surface area contributed by atoms with E-state index in [4.69, 9.17) is 13.9 Å². The maximum Gasteiger partial charge on any atom is 0.352 e. The van der Waals surface area contributed by atoms with Crippen molar-refractivity contribution in [2.75, 3.05) is 14.2 Å². The van der Waals surface area contributed by atoms with Crippen LogP contribution in [0.1, 0.15) is 21.8 Å². The topological polar surface area (TPSA) is 118 Å². The number of hydrogen-bond donors (Lipinski definition) is 1. The van der Waals surface area contributed by atoms with Gasteiger partial charge in [-0.05, 0) is 54.1 Å². The Bertz CT molecular complexity index is 1400. The molecule has 1 N–H and O–H groups in total. The maximum atomic E-state index is 13.3. The van der Waals surface area contributed by atoms with Gasteiger partial charge < -0.3 is 19.2 Å². The quantitative estimate of drug-likeness (QED) is 0.425. The molecular formula is C24H22N4O6. The summed E-state index contributed by atoms with van der Waals surface area (Å²) in [5, 5.41) is 6.70. The van der Waals surface area contributed by atoms with E-state index in [9.17, 15) is 14.4 Å². The summed E-state index contributed by atoms with van der Waals surface area (Å²) >= 11 is 0. The Morgan fingerprint density at radius 3 is 2.44 bits per heavy atom. The second kappa shape index (κ2) is 9.90. The Labute approximate surface area is 194 Å². The minimum atomic E-state index is -0.811. The van der Waals surface area contributed by atoms with Gasteiger partial charge in [-0.1, -0.05) is 12.1 Å². The summed E-state index contributed by atoms with van der Waals surface area (Å²) in [6.07, 6.45) is 1.48. The van der Waals surface area contributed by atoms with Crippen molar-refractivity contribution in [2.45, 2.75) is 13.1 Å². The van der Waals surface area contributed by atoms with Gasteiger partial charge in [-0.25, -0.2) is 4.79 Å². The van der Waals surface area contributed by atoms with Crippen LogP contribution in [0.25, 0.3) is 5.69 Å². The molecule has 0 radical (unpaired) electrons. The molecule has 0 aliphatic carbocycles. The van der Waals surface area contributed by atoms with Gasteiger partial charge in [0.1, 0.15) is 17.3 Å². The molecule has 0 saturated carbocycles. The zero-order chi connectivity index (χ0) is 24.1. The molecule has 0 fully saturated rings. The van der Waals surface area contributed by atoms with E-state index in [0.29, 0.717) is 28.5 Å². The molecule has 4 rings (SSSR count). The number of benzene rings is 2. The lowest BCUT2D eigenvalue weighted by Crippen LogP contribution is -2.46. The molecule has 0 aliphatic rings. The van der Waals surface area contributed by atoms with Crippen LogP contribution in [0, 0.1) is 0 Å². The predicted molar refractivity (Wildman–Crippen MR) is 123 cm³/mol. The van der Waals surface area contributed by atoms with Gasteiger partial charge in [-0.2, -0.15) is 9.78 Å². The number of carbonyl (C=O) groups excluding carboxylic acids is 1. The zero-order valence-electron chi connectivity index (χ0n) is 18.6. The third kappa shape index (κ3) is 4.75. The maximum absolute atomic E-state index is 13.3. The third-order valence-electron chi connectivity index (χ3n) is 5.07. The second-order valence-electron chi connectivity index (χ2n) is 7.25. The molecule has 0 aliphatic heterocycles. The van der Waals surface area contributed by atoms with Crippen molar-refractivity contribution < 1.29 is 18.7 Å². The molecule has 0 spiro atoms. The molecule has 0 atom stereocenters. The van der Waals surface area contributed by atoms with Gasteiger partial charge in [-0.3, -0.25) is 14.2 Å². The SMILES string of the molecule is COc1ccc(-n2nc(C(=O)NCc3ccco3)c(=O)n(Cc3cccc(OC)c3)c2=O)cc1. The van der Waals surface area contributed by atoms with E-state index in [1.807, 2.05) is 0 Å². The van der Waals surface area contributed by atoms with Gasteiger partial charge in [0.2, 0.25) is 5.69 Å². The lowest BCUT2D eigenvalue weighted by Gasteiger charge is -2.13. The van der Waals surface area contributed by atoms with E-state index in [-0.39, 0.29) is 13.1 Å². The molecule has 2 aromatic carbocycles. The number of aromatic nitrogens is 3. The van der Waals surface area contributed by atoms with Crippen LogP contribution in [0.5, 0.6) is 11.5 Å². The van der Waals surface area contributed by atoms with Crippen molar-refractivity contribution in [3.8, 4) is 17.2 Å². The number of methoxy groups -OCH3 is 2. The van der Waals surface area contributed by atoms with E-state index < -0.39 is 22.9 Å². The Hall–Kier alpha value is -4.60. The molecular weight excluding hydrogens is 440 g/mol. The summed E-state index contributed by atoms with van der Waals surface area (Å²) in [5.74, 6) is 0.931. The molecule has 34 heavy (non-hydrogen) atoms. The van der Waals surface area contributed by atoms with E-state index in [2.05, 4.69) is 10.4 Å². The molecule has 1 amide bonds. The zero-order valence-corrected chi connectivity index (χ0v) is 18.6. The largest absolute Gasteiger partial charge is 0.497 e. The first-order chi connectivity index (χ1) is 16.5. The number of hydrogen-bond acceptors (Lipinski definition) is 7. The molecule has 0 bridgehead atoms. The number of nitrogens with zero attached hydrogens (tertiary/aromatic N) is 3. The highest BCUT2D eigenvalue weighted by Crippen LogP contribution is 2.14. The Morgan fingerprint density at radius 1 is 1.00 bits per heavy atom. The summed E-state index contributed by atoms with van der Waals surface area (Å²) < 4.78 is 17.6. The van der Waals surface area contributed by atoms with Crippen molar-refractivity contribution in [1.29, 1.82) is 0 Å². The van der Waals surface area contributed by atoms with Crippen molar-refractivity contribution in [2.24, 2.45) is 0 Å². The van der Waals surface area contributed by atoms with Gasteiger partial charge in [0.15, 0.2) is 0 Å².